The zero-order valence-corrected chi connectivity index (χ0v) is 12.4. The Morgan fingerprint density at radius 2 is 2.33 bits per heavy atom. The number of hydrogen-bond donors (Lipinski definition) is 1. The van der Waals surface area contributed by atoms with Gasteiger partial charge in [0.1, 0.15) is 0 Å². The van der Waals surface area contributed by atoms with Gasteiger partial charge in [-0.15, -0.1) is 0 Å². The Hall–Kier alpha value is -0.260. The lowest BCUT2D eigenvalue weighted by Gasteiger charge is -2.42. The highest BCUT2D eigenvalue weighted by Gasteiger charge is 2.34. The van der Waals surface area contributed by atoms with Gasteiger partial charge in [0.2, 0.25) is 5.91 Å². The summed E-state index contributed by atoms with van der Waals surface area (Å²) in [7, 11) is 0. The minimum Gasteiger partial charge on any atom is -0.369 e. The van der Waals surface area contributed by atoms with Crippen molar-refractivity contribution < 1.29 is 9.53 Å². The minimum atomic E-state index is -0.220. The molecule has 2 rings (SSSR count). The molecule has 0 spiro atoms. The van der Waals surface area contributed by atoms with E-state index in [-0.39, 0.29) is 17.6 Å². The number of thioether (sulfide) groups is 1. The number of carbonyl (C=O) groups excluding carboxylic acids is 1. The number of ether oxygens (including phenoxy) is 1. The van der Waals surface area contributed by atoms with Crippen LogP contribution in [0.5, 0.6) is 0 Å². The van der Waals surface area contributed by atoms with Gasteiger partial charge in [-0.1, -0.05) is 0 Å². The van der Waals surface area contributed by atoms with E-state index in [0.29, 0.717) is 19.0 Å². The molecule has 1 N–H and O–H groups in total. The van der Waals surface area contributed by atoms with E-state index in [1.54, 1.807) is 0 Å². The Morgan fingerprint density at radius 1 is 1.56 bits per heavy atom. The van der Waals surface area contributed by atoms with Gasteiger partial charge in [0.15, 0.2) is 0 Å². The van der Waals surface area contributed by atoms with Gasteiger partial charge in [-0.3, -0.25) is 4.79 Å². The van der Waals surface area contributed by atoms with E-state index < -0.39 is 0 Å². The molecule has 5 heteroatoms. The van der Waals surface area contributed by atoms with Gasteiger partial charge in [-0.05, 0) is 20.8 Å². The Balaban J connectivity index is 1.87. The third-order valence-corrected chi connectivity index (χ3v) is 4.47. The summed E-state index contributed by atoms with van der Waals surface area (Å²) in [6, 6.07) is 0.345. The lowest BCUT2D eigenvalue weighted by atomic mass is 10.0. The summed E-state index contributed by atoms with van der Waals surface area (Å²) in [6.07, 6.45) is 0.752. The van der Waals surface area contributed by atoms with Crippen LogP contribution in [-0.2, 0) is 9.53 Å². The van der Waals surface area contributed by atoms with Gasteiger partial charge in [0.05, 0.1) is 11.7 Å². The fraction of sp³-hybridized carbons (Fsp3) is 0.923. The second-order valence-corrected chi connectivity index (χ2v) is 7.04. The van der Waals surface area contributed by atoms with Gasteiger partial charge in [0.25, 0.3) is 0 Å². The molecule has 0 bridgehead atoms. The zero-order valence-electron chi connectivity index (χ0n) is 11.6. The first-order valence-electron chi connectivity index (χ1n) is 6.73. The highest BCUT2D eigenvalue weighted by atomic mass is 32.2. The first-order chi connectivity index (χ1) is 8.46. The van der Waals surface area contributed by atoms with Crippen LogP contribution in [0.15, 0.2) is 0 Å². The quantitative estimate of drug-likeness (QED) is 0.817. The second-order valence-electron chi connectivity index (χ2n) is 5.89. The molecule has 2 fully saturated rings. The number of morpholine rings is 1. The minimum absolute atomic E-state index is 0.131. The van der Waals surface area contributed by atoms with Crippen LogP contribution in [0.2, 0.25) is 0 Å². The molecule has 4 nitrogen and oxygen atoms in total. The van der Waals surface area contributed by atoms with Crippen molar-refractivity contribution in [1.29, 1.82) is 0 Å². The number of carbonyl (C=O) groups is 1. The van der Waals surface area contributed by atoms with Gasteiger partial charge in [-0.2, -0.15) is 11.8 Å². The van der Waals surface area contributed by atoms with Crippen molar-refractivity contribution in [3.05, 3.63) is 0 Å². The molecule has 0 radical (unpaired) electrons. The molecular formula is C13H24N2O2S. The van der Waals surface area contributed by atoms with Crippen LogP contribution in [0.25, 0.3) is 0 Å². The maximum absolute atomic E-state index is 12.3. The normalized spacial score (nSPS) is 32.3. The molecular weight excluding hydrogens is 248 g/mol. The maximum atomic E-state index is 12.3. The van der Waals surface area contributed by atoms with Gasteiger partial charge < -0.3 is 15.0 Å². The summed E-state index contributed by atoms with van der Waals surface area (Å²) in [5.41, 5.74) is -0.220. The number of amides is 1. The average molecular weight is 272 g/mol. The number of hydrogen-bond acceptors (Lipinski definition) is 4. The maximum Gasteiger partial charge on any atom is 0.224 e. The summed E-state index contributed by atoms with van der Waals surface area (Å²) < 4.78 is 5.83. The molecule has 2 heterocycles. The highest BCUT2D eigenvalue weighted by Crippen LogP contribution is 2.22. The third-order valence-electron chi connectivity index (χ3n) is 3.34. The Morgan fingerprint density at radius 3 is 2.94 bits per heavy atom. The molecule has 2 unspecified atom stereocenters. The largest absolute Gasteiger partial charge is 0.369 e. The van der Waals surface area contributed by atoms with Crippen LogP contribution in [0.3, 0.4) is 0 Å². The first kappa shape index (κ1) is 14.2. The summed E-state index contributed by atoms with van der Waals surface area (Å²) >= 11 is 1.93. The van der Waals surface area contributed by atoms with Crippen LogP contribution < -0.4 is 5.32 Å². The summed E-state index contributed by atoms with van der Waals surface area (Å²) in [4.78, 5) is 14.3. The van der Waals surface area contributed by atoms with Crippen LogP contribution in [0.4, 0.5) is 0 Å². The second kappa shape index (κ2) is 5.80. The Bertz CT molecular complexity index is 303. The molecule has 0 aliphatic carbocycles. The smallest absolute Gasteiger partial charge is 0.224 e. The van der Waals surface area contributed by atoms with Crippen molar-refractivity contribution in [2.24, 2.45) is 0 Å². The van der Waals surface area contributed by atoms with E-state index in [0.717, 1.165) is 24.6 Å². The molecule has 104 valence electrons. The molecule has 0 aromatic heterocycles. The SMILES string of the molecule is CC1CN(C(=O)CC2CSCCN2)CC(C)(C)O1. The predicted octanol–water partition coefficient (Wildman–Crippen LogP) is 1.11. The standard InChI is InChI=1S/C13H24N2O2S/c1-10-7-15(9-13(2,3)17-10)12(16)6-11-8-18-5-4-14-11/h10-11,14H,4-9H2,1-3H3. The molecule has 18 heavy (non-hydrogen) atoms. The molecule has 0 aromatic carbocycles. The summed E-state index contributed by atoms with van der Waals surface area (Å²) in [5.74, 6) is 2.47. The Labute approximate surface area is 114 Å². The fourth-order valence-corrected chi connectivity index (χ4v) is 3.68. The molecule has 2 saturated heterocycles. The van der Waals surface area contributed by atoms with E-state index in [4.69, 9.17) is 4.74 Å². The first-order valence-corrected chi connectivity index (χ1v) is 7.88. The molecule has 2 atom stereocenters. The number of rotatable bonds is 2. The van der Waals surface area contributed by atoms with Crippen molar-refractivity contribution in [1.82, 2.24) is 10.2 Å². The van der Waals surface area contributed by atoms with E-state index >= 15 is 0 Å². The molecule has 2 aliphatic rings. The van der Waals surface area contributed by atoms with Crippen molar-refractivity contribution in [2.75, 3.05) is 31.1 Å². The summed E-state index contributed by atoms with van der Waals surface area (Å²) in [5, 5.41) is 3.42. The summed E-state index contributed by atoms with van der Waals surface area (Å²) in [6.45, 7) is 8.59. The number of nitrogens with zero attached hydrogens (tertiary/aromatic N) is 1. The van der Waals surface area contributed by atoms with Gasteiger partial charge >= 0.3 is 0 Å². The molecule has 2 aliphatic heterocycles. The van der Waals surface area contributed by atoms with Gasteiger partial charge in [0, 0.05) is 43.6 Å². The van der Waals surface area contributed by atoms with Crippen LogP contribution in [-0.4, -0.2) is 59.7 Å². The lowest BCUT2D eigenvalue weighted by molar-refractivity contribution is -0.158. The topological polar surface area (TPSA) is 41.6 Å². The van der Waals surface area contributed by atoms with Crippen molar-refractivity contribution in [3.63, 3.8) is 0 Å². The lowest BCUT2D eigenvalue weighted by Crippen LogP contribution is -2.55. The van der Waals surface area contributed by atoms with E-state index in [1.807, 2.05) is 23.6 Å². The molecule has 0 saturated carbocycles. The van der Waals surface area contributed by atoms with E-state index in [9.17, 15) is 4.79 Å². The van der Waals surface area contributed by atoms with Crippen LogP contribution in [0.1, 0.15) is 27.2 Å². The number of nitrogens with one attached hydrogen (secondary N) is 1. The van der Waals surface area contributed by atoms with E-state index in [1.165, 1.54) is 0 Å². The predicted molar refractivity (Wildman–Crippen MR) is 74.9 cm³/mol. The highest BCUT2D eigenvalue weighted by molar-refractivity contribution is 7.99. The van der Waals surface area contributed by atoms with Crippen molar-refractivity contribution in [3.8, 4) is 0 Å². The average Bonchev–Trinajstić information content (AvgIpc) is 2.27. The third kappa shape index (κ3) is 3.87. The zero-order chi connectivity index (χ0) is 13.2. The fourth-order valence-electron chi connectivity index (χ4n) is 2.73. The van der Waals surface area contributed by atoms with Crippen molar-refractivity contribution >= 4 is 17.7 Å². The van der Waals surface area contributed by atoms with Crippen LogP contribution in [0, 0.1) is 0 Å². The molecule has 0 aromatic rings. The van der Waals surface area contributed by atoms with Crippen LogP contribution >= 0.6 is 11.8 Å². The Kier molecular flexibility index (Phi) is 4.56. The van der Waals surface area contributed by atoms with Gasteiger partial charge in [-0.25, -0.2) is 0 Å². The van der Waals surface area contributed by atoms with Crippen molar-refractivity contribution in [2.45, 2.75) is 44.9 Å². The van der Waals surface area contributed by atoms with E-state index in [2.05, 4.69) is 19.2 Å². The molecule has 1 amide bonds. The monoisotopic (exact) mass is 272 g/mol.